The molecule has 5 heteroatoms. The molecule has 1 aromatic heterocycles. The first-order valence-corrected chi connectivity index (χ1v) is 7.44. The standard InChI is InChI=1S/C16H20ClN3O/c1-3-20(4-2)16-9-8-12(10-19-16)18-11-13-14(17)6-5-7-15(13)21/h5-10,18,21H,3-4,11H2,1-2H3. The summed E-state index contributed by atoms with van der Waals surface area (Å²) in [6.07, 6.45) is 1.79. The molecule has 0 unspecified atom stereocenters. The lowest BCUT2D eigenvalue weighted by molar-refractivity contribution is 0.469. The second-order valence-corrected chi connectivity index (χ2v) is 5.08. The molecule has 2 rings (SSSR count). The van der Waals surface area contributed by atoms with E-state index in [-0.39, 0.29) is 5.75 Å². The third-order valence-electron chi connectivity index (χ3n) is 3.40. The van der Waals surface area contributed by atoms with Gasteiger partial charge in [0.05, 0.1) is 11.9 Å². The minimum absolute atomic E-state index is 0.197. The van der Waals surface area contributed by atoms with Crippen LogP contribution in [-0.2, 0) is 6.54 Å². The van der Waals surface area contributed by atoms with Crippen molar-refractivity contribution >= 4 is 23.1 Å². The van der Waals surface area contributed by atoms with Crippen molar-refractivity contribution in [2.75, 3.05) is 23.3 Å². The van der Waals surface area contributed by atoms with Gasteiger partial charge in [-0.1, -0.05) is 17.7 Å². The number of phenols is 1. The molecule has 112 valence electrons. The quantitative estimate of drug-likeness (QED) is 0.850. The zero-order valence-electron chi connectivity index (χ0n) is 12.3. The van der Waals surface area contributed by atoms with Crippen LogP contribution in [0.15, 0.2) is 36.5 Å². The Hall–Kier alpha value is -1.94. The van der Waals surface area contributed by atoms with Crippen LogP contribution in [-0.4, -0.2) is 23.2 Å². The molecule has 21 heavy (non-hydrogen) atoms. The number of hydrogen-bond acceptors (Lipinski definition) is 4. The van der Waals surface area contributed by atoms with Crippen molar-refractivity contribution in [1.82, 2.24) is 4.98 Å². The van der Waals surface area contributed by atoms with Crippen LogP contribution in [0.25, 0.3) is 0 Å². The zero-order chi connectivity index (χ0) is 15.2. The number of rotatable bonds is 6. The molecular formula is C16H20ClN3O. The SMILES string of the molecule is CCN(CC)c1ccc(NCc2c(O)cccc2Cl)cn1. The second kappa shape index (κ2) is 7.18. The summed E-state index contributed by atoms with van der Waals surface area (Å²) >= 11 is 6.08. The Kier molecular flexibility index (Phi) is 5.28. The Balaban J connectivity index is 2.04. The molecule has 4 nitrogen and oxygen atoms in total. The largest absolute Gasteiger partial charge is 0.508 e. The number of nitrogens with zero attached hydrogens (tertiary/aromatic N) is 2. The summed E-state index contributed by atoms with van der Waals surface area (Å²) in [5.41, 5.74) is 1.58. The Morgan fingerprint density at radius 3 is 2.52 bits per heavy atom. The van der Waals surface area contributed by atoms with Crippen molar-refractivity contribution in [3.63, 3.8) is 0 Å². The Morgan fingerprint density at radius 1 is 1.19 bits per heavy atom. The van der Waals surface area contributed by atoms with Gasteiger partial charge in [-0.15, -0.1) is 0 Å². The molecule has 2 aromatic rings. The van der Waals surface area contributed by atoms with E-state index in [9.17, 15) is 5.11 Å². The monoisotopic (exact) mass is 305 g/mol. The van der Waals surface area contributed by atoms with Gasteiger partial charge in [0.2, 0.25) is 0 Å². The van der Waals surface area contributed by atoms with E-state index in [0.29, 0.717) is 17.1 Å². The fourth-order valence-electron chi connectivity index (χ4n) is 2.14. The van der Waals surface area contributed by atoms with Gasteiger partial charge in [0.25, 0.3) is 0 Å². The summed E-state index contributed by atoms with van der Waals surface area (Å²) in [4.78, 5) is 6.63. The molecule has 1 heterocycles. The lowest BCUT2D eigenvalue weighted by Crippen LogP contribution is -2.22. The maximum Gasteiger partial charge on any atom is 0.128 e. The molecule has 0 atom stereocenters. The van der Waals surface area contributed by atoms with Crippen LogP contribution in [0.5, 0.6) is 5.75 Å². The average Bonchev–Trinajstić information content (AvgIpc) is 2.49. The number of aromatic hydroxyl groups is 1. The van der Waals surface area contributed by atoms with Gasteiger partial charge in [0.15, 0.2) is 0 Å². The third-order valence-corrected chi connectivity index (χ3v) is 3.75. The van der Waals surface area contributed by atoms with Crippen molar-refractivity contribution < 1.29 is 5.11 Å². The molecule has 1 aromatic carbocycles. The normalized spacial score (nSPS) is 10.4. The first-order valence-electron chi connectivity index (χ1n) is 7.07. The van der Waals surface area contributed by atoms with E-state index >= 15 is 0 Å². The van der Waals surface area contributed by atoms with Gasteiger partial charge in [-0.05, 0) is 38.1 Å². The van der Waals surface area contributed by atoms with Gasteiger partial charge in [0.1, 0.15) is 11.6 Å². The van der Waals surface area contributed by atoms with E-state index in [0.717, 1.165) is 24.6 Å². The van der Waals surface area contributed by atoms with Crippen LogP contribution >= 0.6 is 11.6 Å². The van der Waals surface area contributed by atoms with E-state index in [4.69, 9.17) is 11.6 Å². The molecule has 0 saturated heterocycles. The Morgan fingerprint density at radius 2 is 1.95 bits per heavy atom. The minimum Gasteiger partial charge on any atom is -0.508 e. The second-order valence-electron chi connectivity index (χ2n) is 4.67. The minimum atomic E-state index is 0.197. The highest BCUT2D eigenvalue weighted by Crippen LogP contribution is 2.26. The van der Waals surface area contributed by atoms with E-state index in [2.05, 4.69) is 29.0 Å². The molecule has 2 N–H and O–H groups in total. The van der Waals surface area contributed by atoms with Crippen molar-refractivity contribution in [3.05, 3.63) is 47.1 Å². The highest BCUT2D eigenvalue weighted by atomic mass is 35.5. The van der Waals surface area contributed by atoms with Crippen molar-refractivity contribution in [2.45, 2.75) is 20.4 Å². The molecule has 0 aliphatic heterocycles. The van der Waals surface area contributed by atoms with Crippen LogP contribution in [0.2, 0.25) is 5.02 Å². The molecule has 0 aliphatic rings. The van der Waals surface area contributed by atoms with Gasteiger partial charge < -0.3 is 15.3 Å². The first-order chi connectivity index (χ1) is 10.2. The average molecular weight is 306 g/mol. The van der Waals surface area contributed by atoms with Gasteiger partial charge in [0, 0.05) is 30.2 Å². The summed E-state index contributed by atoms with van der Waals surface area (Å²) in [5, 5.41) is 13.6. The topological polar surface area (TPSA) is 48.4 Å². The van der Waals surface area contributed by atoms with Crippen molar-refractivity contribution in [1.29, 1.82) is 0 Å². The number of benzene rings is 1. The first kappa shape index (κ1) is 15.4. The number of phenolic OH excluding ortho intramolecular Hbond substituents is 1. The highest BCUT2D eigenvalue weighted by Gasteiger charge is 2.06. The molecule has 0 radical (unpaired) electrons. The third kappa shape index (κ3) is 3.79. The van der Waals surface area contributed by atoms with Gasteiger partial charge in [-0.25, -0.2) is 4.98 Å². The van der Waals surface area contributed by atoms with E-state index in [1.165, 1.54) is 0 Å². The number of anilines is 2. The van der Waals surface area contributed by atoms with Gasteiger partial charge >= 0.3 is 0 Å². The van der Waals surface area contributed by atoms with Crippen LogP contribution in [0.1, 0.15) is 19.4 Å². The van der Waals surface area contributed by atoms with Crippen LogP contribution in [0, 0.1) is 0 Å². The fourth-order valence-corrected chi connectivity index (χ4v) is 2.37. The smallest absolute Gasteiger partial charge is 0.128 e. The molecule has 0 spiro atoms. The van der Waals surface area contributed by atoms with E-state index in [1.807, 2.05) is 12.1 Å². The maximum absolute atomic E-state index is 9.80. The summed E-state index contributed by atoms with van der Waals surface area (Å²) in [5.74, 6) is 1.16. The number of halogens is 1. The predicted octanol–water partition coefficient (Wildman–Crippen LogP) is 3.90. The Bertz CT molecular complexity index is 562. The summed E-state index contributed by atoms with van der Waals surface area (Å²) in [6, 6.07) is 9.09. The molecule has 0 bridgehead atoms. The predicted molar refractivity (Wildman–Crippen MR) is 88.2 cm³/mol. The number of nitrogens with one attached hydrogen (secondary N) is 1. The zero-order valence-corrected chi connectivity index (χ0v) is 13.1. The molecule has 0 saturated carbocycles. The summed E-state index contributed by atoms with van der Waals surface area (Å²) in [7, 11) is 0. The van der Waals surface area contributed by atoms with E-state index < -0.39 is 0 Å². The van der Waals surface area contributed by atoms with Crippen LogP contribution in [0.3, 0.4) is 0 Å². The van der Waals surface area contributed by atoms with E-state index in [1.54, 1.807) is 24.4 Å². The van der Waals surface area contributed by atoms with Gasteiger partial charge in [-0.3, -0.25) is 0 Å². The van der Waals surface area contributed by atoms with Crippen LogP contribution < -0.4 is 10.2 Å². The number of pyridine rings is 1. The molecule has 0 amide bonds. The lowest BCUT2D eigenvalue weighted by Gasteiger charge is -2.19. The molecule has 0 fully saturated rings. The highest BCUT2D eigenvalue weighted by molar-refractivity contribution is 6.31. The lowest BCUT2D eigenvalue weighted by atomic mass is 10.2. The summed E-state index contributed by atoms with van der Waals surface area (Å²) < 4.78 is 0. The van der Waals surface area contributed by atoms with Crippen molar-refractivity contribution in [3.8, 4) is 5.75 Å². The summed E-state index contributed by atoms with van der Waals surface area (Å²) in [6.45, 7) is 6.54. The maximum atomic E-state index is 9.80. The Labute approximate surface area is 130 Å². The molecule has 0 aliphatic carbocycles. The van der Waals surface area contributed by atoms with Crippen LogP contribution in [0.4, 0.5) is 11.5 Å². The van der Waals surface area contributed by atoms with Gasteiger partial charge in [-0.2, -0.15) is 0 Å². The number of aromatic nitrogens is 1. The fraction of sp³-hybridized carbons (Fsp3) is 0.312. The number of hydrogen-bond donors (Lipinski definition) is 2. The molecular weight excluding hydrogens is 286 g/mol. The van der Waals surface area contributed by atoms with Crippen molar-refractivity contribution in [2.24, 2.45) is 0 Å².